The van der Waals surface area contributed by atoms with Gasteiger partial charge in [-0.2, -0.15) is 0 Å². The topological polar surface area (TPSA) is 55.4 Å². The highest BCUT2D eigenvalue weighted by Gasteiger charge is 2.26. The standard InChI is InChI=1S/C20H29NO3S/c1-13-9-10-18(15(3)11-13)25-12-19(22)24-16(4)20(23)21-17-8-6-5-7-14(17)2/h9-11,14,16-17H,5-8,12H2,1-4H3,(H,21,23)/t14-,16-,17-/m1/s1. The number of rotatable bonds is 6. The molecule has 5 heteroatoms. The van der Waals surface area contributed by atoms with Gasteiger partial charge in [-0.3, -0.25) is 9.59 Å². The van der Waals surface area contributed by atoms with E-state index in [1.807, 2.05) is 26.0 Å². The maximum Gasteiger partial charge on any atom is 0.317 e. The van der Waals surface area contributed by atoms with Crippen molar-refractivity contribution in [3.63, 3.8) is 0 Å². The molecule has 1 aromatic rings. The lowest BCUT2D eigenvalue weighted by Crippen LogP contribution is -2.46. The maximum atomic E-state index is 12.3. The number of nitrogens with one attached hydrogen (secondary N) is 1. The Hall–Kier alpha value is -1.49. The first kappa shape index (κ1) is 19.8. The van der Waals surface area contributed by atoms with Gasteiger partial charge in [0.15, 0.2) is 6.10 Å². The molecule has 1 fully saturated rings. The van der Waals surface area contributed by atoms with Gasteiger partial charge < -0.3 is 10.1 Å². The average molecular weight is 364 g/mol. The van der Waals surface area contributed by atoms with E-state index in [9.17, 15) is 9.59 Å². The van der Waals surface area contributed by atoms with Crippen LogP contribution < -0.4 is 5.32 Å². The van der Waals surface area contributed by atoms with Crippen LogP contribution in [-0.2, 0) is 14.3 Å². The first-order valence-electron chi connectivity index (χ1n) is 9.06. The zero-order chi connectivity index (χ0) is 18.4. The molecular formula is C20H29NO3S. The van der Waals surface area contributed by atoms with E-state index in [0.717, 1.165) is 29.7 Å². The van der Waals surface area contributed by atoms with Crippen molar-refractivity contribution in [1.82, 2.24) is 5.32 Å². The molecule has 0 unspecified atom stereocenters. The van der Waals surface area contributed by atoms with Crippen LogP contribution in [0.25, 0.3) is 0 Å². The minimum absolute atomic E-state index is 0.191. The van der Waals surface area contributed by atoms with Crippen molar-refractivity contribution in [2.24, 2.45) is 5.92 Å². The van der Waals surface area contributed by atoms with Crippen LogP contribution in [0, 0.1) is 19.8 Å². The van der Waals surface area contributed by atoms with Crippen molar-refractivity contribution in [2.75, 3.05) is 5.75 Å². The molecule has 0 aromatic heterocycles. The van der Waals surface area contributed by atoms with Gasteiger partial charge in [-0.05, 0) is 51.2 Å². The van der Waals surface area contributed by atoms with Crippen LogP contribution in [0.5, 0.6) is 0 Å². The lowest BCUT2D eigenvalue weighted by molar-refractivity contribution is -0.152. The van der Waals surface area contributed by atoms with Gasteiger partial charge >= 0.3 is 5.97 Å². The molecule has 1 aliphatic carbocycles. The first-order valence-corrected chi connectivity index (χ1v) is 10.0. The molecule has 2 rings (SSSR count). The van der Waals surface area contributed by atoms with E-state index >= 15 is 0 Å². The van der Waals surface area contributed by atoms with Gasteiger partial charge in [0.2, 0.25) is 0 Å². The highest BCUT2D eigenvalue weighted by atomic mass is 32.2. The molecule has 0 radical (unpaired) electrons. The van der Waals surface area contributed by atoms with Crippen molar-refractivity contribution in [3.8, 4) is 0 Å². The molecule has 0 saturated heterocycles. The summed E-state index contributed by atoms with van der Waals surface area (Å²) in [5.41, 5.74) is 2.35. The Morgan fingerprint density at radius 1 is 1.28 bits per heavy atom. The van der Waals surface area contributed by atoms with Crippen LogP contribution in [0.2, 0.25) is 0 Å². The number of carbonyl (C=O) groups is 2. The number of thioether (sulfide) groups is 1. The van der Waals surface area contributed by atoms with Crippen LogP contribution in [0.1, 0.15) is 50.7 Å². The summed E-state index contributed by atoms with van der Waals surface area (Å²) in [5.74, 6) is 0.148. The van der Waals surface area contributed by atoms with E-state index in [1.54, 1.807) is 6.92 Å². The number of carbonyl (C=O) groups excluding carboxylic acids is 2. The number of hydrogen-bond acceptors (Lipinski definition) is 4. The predicted octanol–water partition coefficient (Wildman–Crippen LogP) is 4.02. The Kier molecular flexibility index (Phi) is 7.36. The number of aryl methyl sites for hydroxylation is 2. The zero-order valence-corrected chi connectivity index (χ0v) is 16.4. The molecule has 1 aromatic carbocycles. The summed E-state index contributed by atoms with van der Waals surface area (Å²) in [6.45, 7) is 7.88. The summed E-state index contributed by atoms with van der Waals surface area (Å²) < 4.78 is 5.30. The molecule has 1 amide bonds. The highest BCUT2D eigenvalue weighted by molar-refractivity contribution is 8.00. The minimum atomic E-state index is -0.749. The second kappa shape index (κ2) is 9.27. The molecule has 0 spiro atoms. The summed E-state index contributed by atoms with van der Waals surface area (Å²) in [4.78, 5) is 25.4. The van der Waals surface area contributed by atoms with E-state index in [2.05, 4.69) is 18.3 Å². The number of hydrogen-bond donors (Lipinski definition) is 1. The van der Waals surface area contributed by atoms with Crippen molar-refractivity contribution in [1.29, 1.82) is 0 Å². The van der Waals surface area contributed by atoms with Crippen molar-refractivity contribution in [3.05, 3.63) is 29.3 Å². The summed E-state index contributed by atoms with van der Waals surface area (Å²) in [7, 11) is 0. The summed E-state index contributed by atoms with van der Waals surface area (Å²) in [6, 6.07) is 6.34. The van der Waals surface area contributed by atoms with Crippen LogP contribution in [-0.4, -0.2) is 29.8 Å². The quantitative estimate of drug-likeness (QED) is 0.613. The minimum Gasteiger partial charge on any atom is -0.452 e. The highest BCUT2D eigenvalue weighted by Crippen LogP contribution is 2.24. The number of esters is 1. The van der Waals surface area contributed by atoms with Crippen LogP contribution in [0.3, 0.4) is 0 Å². The van der Waals surface area contributed by atoms with Gasteiger partial charge in [0.1, 0.15) is 0 Å². The third kappa shape index (κ3) is 6.07. The Balaban J connectivity index is 1.77. The van der Waals surface area contributed by atoms with Crippen LogP contribution in [0.4, 0.5) is 0 Å². The van der Waals surface area contributed by atoms with E-state index < -0.39 is 6.10 Å². The lowest BCUT2D eigenvalue weighted by Gasteiger charge is -2.30. The third-order valence-corrected chi connectivity index (χ3v) is 5.94. The Bertz CT molecular complexity index is 617. The van der Waals surface area contributed by atoms with Crippen molar-refractivity contribution in [2.45, 2.75) is 70.4 Å². The molecule has 3 atom stereocenters. The molecule has 0 bridgehead atoms. The second-order valence-electron chi connectivity index (χ2n) is 7.07. The van der Waals surface area contributed by atoms with Gasteiger partial charge in [-0.15, -0.1) is 11.8 Å². The van der Waals surface area contributed by atoms with E-state index in [4.69, 9.17) is 4.74 Å². The van der Waals surface area contributed by atoms with Gasteiger partial charge in [-0.25, -0.2) is 0 Å². The number of benzene rings is 1. The first-order chi connectivity index (χ1) is 11.9. The van der Waals surface area contributed by atoms with Crippen LogP contribution in [0.15, 0.2) is 23.1 Å². The zero-order valence-electron chi connectivity index (χ0n) is 15.6. The fourth-order valence-corrected chi connectivity index (χ4v) is 4.01. The fraction of sp³-hybridized carbons (Fsp3) is 0.600. The lowest BCUT2D eigenvalue weighted by atomic mass is 9.86. The van der Waals surface area contributed by atoms with Gasteiger partial charge in [-0.1, -0.05) is 37.5 Å². The van der Waals surface area contributed by atoms with Crippen molar-refractivity contribution < 1.29 is 14.3 Å². The summed E-state index contributed by atoms with van der Waals surface area (Å²) in [6.07, 6.45) is 3.78. The smallest absolute Gasteiger partial charge is 0.317 e. The summed E-state index contributed by atoms with van der Waals surface area (Å²) >= 11 is 1.45. The van der Waals surface area contributed by atoms with Gasteiger partial charge in [0, 0.05) is 10.9 Å². The monoisotopic (exact) mass is 363 g/mol. The largest absolute Gasteiger partial charge is 0.452 e. The second-order valence-corrected chi connectivity index (χ2v) is 8.08. The normalized spacial score (nSPS) is 21.4. The Labute approximate surface area is 155 Å². The third-order valence-electron chi connectivity index (χ3n) is 4.79. The molecule has 1 saturated carbocycles. The van der Waals surface area contributed by atoms with Crippen LogP contribution >= 0.6 is 11.8 Å². The molecule has 0 heterocycles. The van der Waals surface area contributed by atoms with Gasteiger partial charge in [0.05, 0.1) is 5.75 Å². The van der Waals surface area contributed by atoms with E-state index in [0.29, 0.717) is 5.92 Å². The van der Waals surface area contributed by atoms with E-state index in [-0.39, 0.29) is 23.7 Å². The molecule has 25 heavy (non-hydrogen) atoms. The fourth-order valence-electron chi connectivity index (χ4n) is 3.21. The Morgan fingerprint density at radius 2 is 2.00 bits per heavy atom. The van der Waals surface area contributed by atoms with Crippen molar-refractivity contribution >= 4 is 23.6 Å². The predicted molar refractivity (Wildman–Crippen MR) is 102 cm³/mol. The number of amides is 1. The molecular weight excluding hydrogens is 334 g/mol. The molecule has 1 N–H and O–H groups in total. The number of ether oxygens (including phenoxy) is 1. The maximum absolute atomic E-state index is 12.3. The Morgan fingerprint density at radius 3 is 2.68 bits per heavy atom. The molecule has 4 nitrogen and oxygen atoms in total. The van der Waals surface area contributed by atoms with Gasteiger partial charge in [0.25, 0.3) is 5.91 Å². The summed E-state index contributed by atoms with van der Waals surface area (Å²) in [5, 5.41) is 3.04. The molecule has 1 aliphatic rings. The van der Waals surface area contributed by atoms with E-state index in [1.165, 1.54) is 23.7 Å². The molecule has 138 valence electrons. The SMILES string of the molecule is Cc1ccc(SCC(=O)O[C@H](C)C(=O)N[C@@H]2CCCC[C@H]2C)c(C)c1. The average Bonchev–Trinajstić information content (AvgIpc) is 2.56. The molecule has 0 aliphatic heterocycles.